The number of alkyl halides is 3. The molecule has 4 fully saturated rings. The molecule has 136 valence electrons. The Morgan fingerprint density at radius 1 is 1.04 bits per heavy atom. The van der Waals surface area contributed by atoms with Crippen LogP contribution in [0.1, 0.15) is 44.1 Å². The molecule has 4 aliphatic rings. The number of hydrogen-bond acceptors (Lipinski definition) is 1. The molecule has 0 atom stereocenters. The summed E-state index contributed by atoms with van der Waals surface area (Å²) in [5.41, 5.74) is -0.0609. The Hall–Kier alpha value is -1.56. The molecule has 1 aromatic rings. The van der Waals surface area contributed by atoms with E-state index in [1.165, 1.54) is 50.7 Å². The highest BCUT2D eigenvalue weighted by atomic mass is 19.4. The maximum absolute atomic E-state index is 12.6. The lowest BCUT2D eigenvalue weighted by Gasteiger charge is -2.54. The number of rotatable bonds is 4. The molecule has 0 unspecified atom stereocenters. The van der Waals surface area contributed by atoms with Gasteiger partial charge in [-0.2, -0.15) is 13.2 Å². The molecule has 3 N–H and O–H groups in total. The second-order valence-electron chi connectivity index (χ2n) is 8.31. The molecule has 6 heteroatoms. The summed E-state index contributed by atoms with van der Waals surface area (Å²) in [6, 6.07) is 4.62. The van der Waals surface area contributed by atoms with E-state index in [-0.39, 0.29) is 11.4 Å². The van der Waals surface area contributed by atoms with Crippen LogP contribution < -0.4 is 10.6 Å². The molecule has 0 heterocycles. The van der Waals surface area contributed by atoms with Gasteiger partial charge in [0.2, 0.25) is 0 Å². The van der Waals surface area contributed by atoms with Crippen LogP contribution in [0.3, 0.4) is 0 Å². The van der Waals surface area contributed by atoms with Gasteiger partial charge in [0.05, 0.1) is 11.1 Å². The van der Waals surface area contributed by atoms with Crippen molar-refractivity contribution in [2.45, 2.75) is 50.2 Å². The highest BCUT2D eigenvalue weighted by Gasteiger charge is 2.53. The highest BCUT2D eigenvalue weighted by molar-refractivity contribution is 5.91. The third-order valence-corrected chi connectivity index (χ3v) is 6.30. The first-order valence-electron chi connectivity index (χ1n) is 9.13. The summed E-state index contributed by atoms with van der Waals surface area (Å²) in [4.78, 5) is 12.2. The van der Waals surface area contributed by atoms with Crippen LogP contribution in [0.5, 0.6) is 0 Å². The molecule has 0 aliphatic heterocycles. The lowest BCUT2D eigenvalue weighted by Crippen LogP contribution is -3.00. The first-order valence-corrected chi connectivity index (χ1v) is 9.13. The lowest BCUT2D eigenvalue weighted by molar-refractivity contribution is -0.729. The predicted molar refractivity (Wildman–Crippen MR) is 87.8 cm³/mol. The van der Waals surface area contributed by atoms with Crippen molar-refractivity contribution in [2.24, 2.45) is 17.8 Å². The molecular formula is C19H24F3N2O+. The van der Waals surface area contributed by atoms with E-state index in [9.17, 15) is 18.0 Å². The van der Waals surface area contributed by atoms with Crippen molar-refractivity contribution in [3.05, 3.63) is 29.8 Å². The molecule has 4 bridgehead atoms. The SMILES string of the molecule is O=C(C[NH2+]C12CC3CC(CC(C3)C1)C2)Nc1ccc(C(F)(F)F)cc1. The zero-order valence-electron chi connectivity index (χ0n) is 14.1. The number of quaternary nitrogens is 1. The zero-order chi connectivity index (χ0) is 17.7. The first-order chi connectivity index (χ1) is 11.8. The number of benzene rings is 1. The zero-order valence-corrected chi connectivity index (χ0v) is 14.1. The normalized spacial score (nSPS) is 33.5. The van der Waals surface area contributed by atoms with Crippen molar-refractivity contribution in [3.63, 3.8) is 0 Å². The molecule has 25 heavy (non-hydrogen) atoms. The molecule has 4 saturated carbocycles. The number of halogens is 3. The summed E-state index contributed by atoms with van der Waals surface area (Å²) in [7, 11) is 0. The molecule has 0 radical (unpaired) electrons. The van der Waals surface area contributed by atoms with Crippen LogP contribution in [0.4, 0.5) is 18.9 Å². The number of anilines is 1. The second kappa shape index (κ2) is 6.01. The van der Waals surface area contributed by atoms with Gasteiger partial charge in [-0.1, -0.05) is 0 Å². The van der Waals surface area contributed by atoms with E-state index in [0.29, 0.717) is 12.2 Å². The monoisotopic (exact) mass is 353 g/mol. The first kappa shape index (κ1) is 16.9. The number of carbonyl (C=O) groups excluding carboxylic acids is 1. The van der Waals surface area contributed by atoms with Crippen molar-refractivity contribution < 1.29 is 23.3 Å². The van der Waals surface area contributed by atoms with Crippen LogP contribution in [-0.4, -0.2) is 18.0 Å². The van der Waals surface area contributed by atoms with Crippen molar-refractivity contribution in [2.75, 3.05) is 11.9 Å². The van der Waals surface area contributed by atoms with E-state index in [1.807, 2.05) is 0 Å². The van der Waals surface area contributed by atoms with E-state index in [4.69, 9.17) is 0 Å². The van der Waals surface area contributed by atoms with Gasteiger partial charge in [0.15, 0.2) is 6.54 Å². The Morgan fingerprint density at radius 2 is 1.56 bits per heavy atom. The van der Waals surface area contributed by atoms with Gasteiger partial charge in [-0.25, -0.2) is 0 Å². The van der Waals surface area contributed by atoms with Crippen molar-refractivity contribution in [1.29, 1.82) is 0 Å². The van der Waals surface area contributed by atoms with E-state index in [1.54, 1.807) is 0 Å². The van der Waals surface area contributed by atoms with Crippen molar-refractivity contribution >= 4 is 11.6 Å². The molecule has 4 aliphatic carbocycles. The summed E-state index contributed by atoms with van der Waals surface area (Å²) in [6.07, 6.45) is 3.39. The maximum Gasteiger partial charge on any atom is 0.416 e. The van der Waals surface area contributed by atoms with Gasteiger partial charge in [-0.05, 0) is 61.3 Å². The fourth-order valence-corrected chi connectivity index (χ4v) is 5.69. The van der Waals surface area contributed by atoms with Crippen molar-refractivity contribution in [3.8, 4) is 0 Å². The number of carbonyl (C=O) groups is 1. The molecule has 1 aromatic carbocycles. The molecule has 3 nitrogen and oxygen atoms in total. The van der Waals surface area contributed by atoms with Gasteiger partial charge in [0.25, 0.3) is 5.91 Å². The number of amides is 1. The van der Waals surface area contributed by atoms with Crippen LogP contribution in [0.15, 0.2) is 24.3 Å². The van der Waals surface area contributed by atoms with Crippen LogP contribution in [0, 0.1) is 17.8 Å². The fourth-order valence-electron chi connectivity index (χ4n) is 5.69. The van der Waals surface area contributed by atoms with Gasteiger partial charge in [0, 0.05) is 24.9 Å². The average molecular weight is 353 g/mol. The average Bonchev–Trinajstić information content (AvgIpc) is 2.51. The van der Waals surface area contributed by atoms with Gasteiger partial charge in [-0.3, -0.25) is 4.79 Å². The number of nitrogens with two attached hydrogens (primary N) is 1. The third kappa shape index (κ3) is 3.54. The topological polar surface area (TPSA) is 45.7 Å². The molecule has 0 spiro atoms. The highest BCUT2D eigenvalue weighted by Crippen LogP contribution is 2.54. The maximum atomic E-state index is 12.6. The molecule has 1 amide bonds. The summed E-state index contributed by atoms with van der Waals surface area (Å²) in [5, 5.41) is 4.92. The Labute approximate surface area is 145 Å². The standard InChI is InChI=1S/C19H23F3N2O/c20-19(21,22)15-1-3-16(4-2-15)24-17(25)11-23-18-8-12-5-13(9-18)7-14(6-12)10-18/h1-4,12-14,23H,5-11H2,(H,24,25)/p+1. The number of nitrogens with one attached hydrogen (secondary N) is 1. The minimum absolute atomic E-state index is 0.143. The van der Waals surface area contributed by atoms with Gasteiger partial charge in [0.1, 0.15) is 0 Å². The van der Waals surface area contributed by atoms with E-state index < -0.39 is 11.7 Å². The van der Waals surface area contributed by atoms with Gasteiger partial charge in [-0.15, -0.1) is 0 Å². The van der Waals surface area contributed by atoms with E-state index in [0.717, 1.165) is 29.9 Å². The van der Waals surface area contributed by atoms with Crippen LogP contribution >= 0.6 is 0 Å². The largest absolute Gasteiger partial charge is 0.416 e. The Balaban J connectivity index is 1.32. The summed E-state index contributed by atoms with van der Waals surface area (Å²) in [6.45, 7) is 0.340. The second-order valence-corrected chi connectivity index (χ2v) is 8.31. The van der Waals surface area contributed by atoms with Gasteiger partial charge < -0.3 is 10.6 Å². The Bertz CT molecular complexity index is 618. The smallest absolute Gasteiger partial charge is 0.334 e. The predicted octanol–water partition coefficient (Wildman–Crippen LogP) is 3.18. The minimum atomic E-state index is -4.35. The third-order valence-electron chi connectivity index (χ3n) is 6.30. The molecular weight excluding hydrogens is 329 g/mol. The summed E-state index contributed by atoms with van der Waals surface area (Å²) in [5.74, 6) is 2.36. The Kier molecular flexibility index (Phi) is 4.06. The Morgan fingerprint density at radius 3 is 2.04 bits per heavy atom. The fraction of sp³-hybridized carbons (Fsp3) is 0.632. The van der Waals surface area contributed by atoms with E-state index in [2.05, 4.69) is 10.6 Å². The lowest BCUT2D eigenvalue weighted by atomic mass is 9.53. The molecule has 0 aromatic heterocycles. The quantitative estimate of drug-likeness (QED) is 0.858. The van der Waals surface area contributed by atoms with E-state index >= 15 is 0 Å². The number of hydrogen-bond donors (Lipinski definition) is 2. The summed E-state index contributed by atoms with van der Waals surface area (Å²) >= 11 is 0. The van der Waals surface area contributed by atoms with Crippen LogP contribution in [0.25, 0.3) is 0 Å². The van der Waals surface area contributed by atoms with Gasteiger partial charge >= 0.3 is 6.18 Å². The van der Waals surface area contributed by atoms with Crippen LogP contribution in [-0.2, 0) is 11.0 Å². The molecule has 5 rings (SSSR count). The van der Waals surface area contributed by atoms with Crippen molar-refractivity contribution in [1.82, 2.24) is 0 Å². The summed E-state index contributed by atoms with van der Waals surface area (Å²) < 4.78 is 37.7. The minimum Gasteiger partial charge on any atom is -0.334 e. The molecule has 0 saturated heterocycles. The van der Waals surface area contributed by atoms with Crippen LogP contribution in [0.2, 0.25) is 0 Å².